The Kier molecular flexibility index (Phi) is 9.25. The van der Waals surface area contributed by atoms with Crippen molar-refractivity contribution >= 4 is 17.6 Å². The van der Waals surface area contributed by atoms with E-state index in [2.05, 4.69) is 39.8 Å². The van der Waals surface area contributed by atoms with E-state index in [-0.39, 0.29) is 18.0 Å². The van der Waals surface area contributed by atoms with Crippen molar-refractivity contribution in [3.63, 3.8) is 0 Å². The number of hydrogen-bond acceptors (Lipinski definition) is 4. The minimum Gasteiger partial charge on any atom is -0.379 e. The molecule has 0 saturated carbocycles. The molecule has 3 aromatic carbocycles. The van der Waals surface area contributed by atoms with Crippen LogP contribution in [0.4, 0.5) is 10.5 Å². The fraction of sp³-hybridized carbons (Fsp3) is 0.375. The van der Waals surface area contributed by atoms with Crippen LogP contribution in [0, 0.1) is 0 Å². The highest BCUT2D eigenvalue weighted by Crippen LogP contribution is 2.23. The van der Waals surface area contributed by atoms with E-state index in [9.17, 15) is 9.59 Å². The highest BCUT2D eigenvalue weighted by molar-refractivity contribution is 5.89. The van der Waals surface area contributed by atoms with E-state index in [1.165, 1.54) is 16.7 Å². The van der Waals surface area contributed by atoms with Gasteiger partial charge in [0.2, 0.25) is 5.91 Å². The first kappa shape index (κ1) is 26.9. The lowest BCUT2D eigenvalue weighted by atomic mass is 10.0. The summed E-state index contributed by atoms with van der Waals surface area (Å²) >= 11 is 0. The van der Waals surface area contributed by atoms with Crippen LogP contribution in [0.2, 0.25) is 0 Å². The number of carbonyl (C=O) groups is 2. The number of nitrogens with zero attached hydrogens (tertiary/aromatic N) is 2. The van der Waals surface area contributed by atoms with Crippen LogP contribution in [0.5, 0.6) is 0 Å². The zero-order chi connectivity index (χ0) is 26.9. The Hall–Kier alpha value is -3.68. The van der Waals surface area contributed by atoms with Crippen LogP contribution in [0.25, 0.3) is 0 Å². The number of ether oxygens (including phenoxy) is 1. The number of nitrogens with one attached hydrogen (secondary N) is 2. The Bertz CT molecular complexity index is 1200. The van der Waals surface area contributed by atoms with Crippen molar-refractivity contribution in [2.75, 3.05) is 38.2 Å². The molecule has 0 aromatic heterocycles. The van der Waals surface area contributed by atoms with Crippen LogP contribution in [-0.2, 0) is 35.5 Å². The average Bonchev–Trinajstić information content (AvgIpc) is 3.41. The molecule has 2 aliphatic rings. The van der Waals surface area contributed by atoms with E-state index < -0.39 is 0 Å². The molecule has 1 fully saturated rings. The number of fused-ring (bicyclic) bond motifs is 1. The Labute approximate surface area is 231 Å². The van der Waals surface area contributed by atoms with Gasteiger partial charge in [-0.3, -0.25) is 9.69 Å². The number of aryl methyl sites for hydroxylation is 1. The molecule has 204 valence electrons. The molecule has 1 atom stereocenters. The van der Waals surface area contributed by atoms with Crippen molar-refractivity contribution in [2.45, 2.75) is 44.8 Å². The molecule has 1 saturated heterocycles. The average molecular weight is 527 g/mol. The number of anilines is 1. The monoisotopic (exact) mass is 526 g/mol. The second kappa shape index (κ2) is 13.4. The molecular weight excluding hydrogens is 488 g/mol. The Morgan fingerprint density at radius 2 is 1.49 bits per heavy atom. The van der Waals surface area contributed by atoms with Crippen molar-refractivity contribution in [1.82, 2.24) is 15.1 Å². The summed E-state index contributed by atoms with van der Waals surface area (Å²) in [5.41, 5.74) is 5.47. The van der Waals surface area contributed by atoms with E-state index in [0.29, 0.717) is 25.9 Å². The number of hydrogen-bond donors (Lipinski definition) is 2. The van der Waals surface area contributed by atoms with Gasteiger partial charge in [0.05, 0.1) is 13.2 Å². The molecule has 0 bridgehead atoms. The lowest BCUT2D eigenvalue weighted by Gasteiger charge is -2.28. The van der Waals surface area contributed by atoms with Gasteiger partial charge < -0.3 is 20.3 Å². The standard InChI is InChI=1S/C32H38N4O3/c37-31(33-30(22-26-6-2-1-3-7-26)16-17-35-18-20-39-21-19-35)15-12-25-10-13-29(14-11-25)34-32(38)36-23-27-8-4-5-9-28(27)24-36/h1-11,13-14,30H,12,15-24H2,(H,33,37)(H,34,38). The third kappa shape index (κ3) is 7.91. The van der Waals surface area contributed by atoms with E-state index in [1.807, 2.05) is 59.5 Å². The lowest BCUT2D eigenvalue weighted by molar-refractivity contribution is -0.121. The summed E-state index contributed by atoms with van der Waals surface area (Å²) in [6.45, 7) is 5.69. The quantitative estimate of drug-likeness (QED) is 0.405. The first-order valence-corrected chi connectivity index (χ1v) is 14.0. The number of rotatable bonds is 10. The van der Waals surface area contributed by atoms with Crippen LogP contribution in [0.15, 0.2) is 78.9 Å². The second-order valence-corrected chi connectivity index (χ2v) is 10.4. The van der Waals surface area contributed by atoms with Gasteiger partial charge in [-0.15, -0.1) is 0 Å². The van der Waals surface area contributed by atoms with Gasteiger partial charge in [0.15, 0.2) is 0 Å². The molecule has 5 rings (SSSR count). The normalized spacial score (nSPS) is 15.9. The summed E-state index contributed by atoms with van der Waals surface area (Å²) in [6, 6.07) is 26.3. The predicted molar refractivity (Wildman–Crippen MR) is 153 cm³/mol. The minimum absolute atomic E-state index is 0.0730. The highest BCUT2D eigenvalue weighted by Gasteiger charge is 2.23. The maximum atomic E-state index is 12.9. The third-order valence-corrected chi connectivity index (χ3v) is 7.56. The largest absolute Gasteiger partial charge is 0.379 e. The summed E-state index contributed by atoms with van der Waals surface area (Å²) in [4.78, 5) is 29.9. The minimum atomic E-state index is -0.0973. The zero-order valence-corrected chi connectivity index (χ0v) is 22.5. The van der Waals surface area contributed by atoms with Crippen LogP contribution in [0.3, 0.4) is 0 Å². The lowest BCUT2D eigenvalue weighted by Crippen LogP contribution is -2.42. The van der Waals surface area contributed by atoms with Gasteiger partial charge >= 0.3 is 6.03 Å². The van der Waals surface area contributed by atoms with E-state index in [4.69, 9.17) is 4.74 Å². The van der Waals surface area contributed by atoms with E-state index >= 15 is 0 Å². The first-order valence-electron chi connectivity index (χ1n) is 14.0. The summed E-state index contributed by atoms with van der Waals surface area (Å²) in [6.07, 6.45) is 2.83. The molecule has 2 heterocycles. The summed E-state index contributed by atoms with van der Waals surface area (Å²) in [7, 11) is 0. The van der Waals surface area contributed by atoms with Crippen molar-refractivity contribution in [2.24, 2.45) is 0 Å². The number of carbonyl (C=O) groups excluding carboxylic acids is 2. The zero-order valence-electron chi connectivity index (χ0n) is 22.5. The number of amides is 3. The van der Waals surface area contributed by atoms with Crippen LogP contribution >= 0.6 is 0 Å². The van der Waals surface area contributed by atoms with Crippen molar-refractivity contribution in [1.29, 1.82) is 0 Å². The van der Waals surface area contributed by atoms with Crippen molar-refractivity contribution in [3.8, 4) is 0 Å². The molecule has 3 aromatic rings. The highest BCUT2D eigenvalue weighted by atomic mass is 16.5. The molecule has 2 N–H and O–H groups in total. The molecule has 7 heteroatoms. The Balaban J connectivity index is 1.09. The fourth-order valence-corrected chi connectivity index (χ4v) is 5.28. The third-order valence-electron chi connectivity index (χ3n) is 7.56. The second-order valence-electron chi connectivity index (χ2n) is 10.4. The van der Waals surface area contributed by atoms with Gasteiger partial charge in [-0.2, -0.15) is 0 Å². The van der Waals surface area contributed by atoms with Gasteiger partial charge in [0.1, 0.15) is 0 Å². The van der Waals surface area contributed by atoms with Gasteiger partial charge in [0, 0.05) is 50.9 Å². The summed E-state index contributed by atoms with van der Waals surface area (Å²) in [5, 5.41) is 6.29. The molecule has 0 aliphatic carbocycles. The Morgan fingerprint density at radius 3 is 2.18 bits per heavy atom. The molecule has 7 nitrogen and oxygen atoms in total. The van der Waals surface area contributed by atoms with Gasteiger partial charge in [0.25, 0.3) is 0 Å². The first-order chi connectivity index (χ1) is 19.1. The number of urea groups is 1. The smallest absolute Gasteiger partial charge is 0.322 e. The number of benzene rings is 3. The molecule has 3 amide bonds. The van der Waals surface area contributed by atoms with Crippen molar-refractivity contribution in [3.05, 3.63) is 101 Å². The van der Waals surface area contributed by atoms with Crippen LogP contribution in [-0.4, -0.2) is 60.6 Å². The molecule has 0 radical (unpaired) electrons. The fourth-order valence-electron chi connectivity index (χ4n) is 5.28. The maximum absolute atomic E-state index is 12.9. The maximum Gasteiger partial charge on any atom is 0.322 e. The van der Waals surface area contributed by atoms with Gasteiger partial charge in [-0.25, -0.2) is 4.79 Å². The van der Waals surface area contributed by atoms with E-state index in [0.717, 1.165) is 56.9 Å². The topological polar surface area (TPSA) is 73.9 Å². The van der Waals surface area contributed by atoms with E-state index in [1.54, 1.807) is 0 Å². The molecule has 39 heavy (non-hydrogen) atoms. The number of morpholine rings is 1. The molecule has 1 unspecified atom stereocenters. The van der Waals surface area contributed by atoms with Crippen LogP contribution < -0.4 is 10.6 Å². The Morgan fingerprint density at radius 1 is 0.821 bits per heavy atom. The molecular formula is C32H38N4O3. The SMILES string of the molecule is O=C(CCc1ccc(NC(=O)N2Cc3ccccc3C2)cc1)NC(CCN1CCOCC1)Cc1ccccc1. The van der Waals surface area contributed by atoms with Crippen LogP contribution in [0.1, 0.15) is 35.1 Å². The van der Waals surface area contributed by atoms with Crippen molar-refractivity contribution < 1.29 is 14.3 Å². The predicted octanol–water partition coefficient (Wildman–Crippen LogP) is 4.62. The molecule has 0 spiro atoms. The summed E-state index contributed by atoms with van der Waals surface area (Å²) < 4.78 is 5.47. The van der Waals surface area contributed by atoms with Gasteiger partial charge in [-0.05, 0) is 53.6 Å². The summed E-state index contributed by atoms with van der Waals surface area (Å²) in [5.74, 6) is 0.0730. The molecule has 2 aliphatic heterocycles. The van der Waals surface area contributed by atoms with Gasteiger partial charge in [-0.1, -0.05) is 66.7 Å².